The predicted molar refractivity (Wildman–Crippen MR) is 132 cm³/mol. The summed E-state index contributed by atoms with van der Waals surface area (Å²) in [6.45, 7) is 4.26. The number of carbonyl (C=O) groups excluding carboxylic acids is 2. The van der Waals surface area contributed by atoms with Crippen molar-refractivity contribution in [3.8, 4) is 0 Å². The molecule has 7 heteroatoms. The second-order valence-corrected chi connectivity index (χ2v) is 9.33. The van der Waals surface area contributed by atoms with Crippen LogP contribution in [0, 0.1) is 12.8 Å². The normalized spacial score (nSPS) is 14.8. The summed E-state index contributed by atoms with van der Waals surface area (Å²) in [5.41, 5.74) is 3.06. The van der Waals surface area contributed by atoms with Crippen LogP contribution in [-0.2, 0) is 9.59 Å². The van der Waals surface area contributed by atoms with Crippen molar-refractivity contribution in [2.24, 2.45) is 5.92 Å². The van der Waals surface area contributed by atoms with Gasteiger partial charge in [0, 0.05) is 24.3 Å². The van der Waals surface area contributed by atoms with Gasteiger partial charge < -0.3 is 15.5 Å². The molecule has 1 aliphatic rings. The maximum atomic E-state index is 12.8. The molecule has 0 radical (unpaired) electrons. The summed E-state index contributed by atoms with van der Waals surface area (Å²) in [5, 5.41) is 8.75. The average molecular weight is 463 g/mol. The standard InChI is InChI=1S/C26H30N4O2S/c1-19-18-33-26(27-19)29-25(32)22-12-15-30(16-13-22)17-14-23(31)28-24(20-8-4-2-5-9-20)21-10-6-3-7-11-21/h2-11,18,22,24H,12-17H2,1H3,(H,28,31)(H,27,29,32). The summed E-state index contributed by atoms with van der Waals surface area (Å²) >= 11 is 1.46. The number of aryl methyl sites for hydroxylation is 1. The fourth-order valence-electron chi connectivity index (χ4n) is 4.18. The van der Waals surface area contributed by atoms with Gasteiger partial charge in [-0.3, -0.25) is 9.59 Å². The fourth-order valence-corrected chi connectivity index (χ4v) is 4.87. The van der Waals surface area contributed by atoms with E-state index in [1.165, 1.54) is 11.3 Å². The molecular weight excluding hydrogens is 432 g/mol. The molecule has 0 bridgehead atoms. The van der Waals surface area contributed by atoms with E-state index in [-0.39, 0.29) is 23.8 Å². The lowest BCUT2D eigenvalue weighted by molar-refractivity contribution is -0.123. The Morgan fingerprint density at radius 3 is 2.18 bits per heavy atom. The van der Waals surface area contributed by atoms with Crippen LogP contribution in [0.15, 0.2) is 66.0 Å². The predicted octanol–water partition coefficient (Wildman–Crippen LogP) is 4.40. The van der Waals surface area contributed by atoms with Crippen LogP contribution < -0.4 is 10.6 Å². The third-order valence-corrected chi connectivity index (χ3v) is 6.91. The third-order valence-electron chi connectivity index (χ3n) is 6.03. The van der Waals surface area contributed by atoms with Crippen LogP contribution in [0.5, 0.6) is 0 Å². The van der Waals surface area contributed by atoms with Gasteiger partial charge in [-0.1, -0.05) is 60.7 Å². The molecule has 2 N–H and O–H groups in total. The van der Waals surface area contributed by atoms with Crippen LogP contribution in [0.4, 0.5) is 5.13 Å². The number of nitrogens with zero attached hydrogens (tertiary/aromatic N) is 2. The van der Waals surface area contributed by atoms with E-state index in [1.807, 2.05) is 73.0 Å². The Hall–Kier alpha value is -3.03. The third kappa shape index (κ3) is 6.49. The van der Waals surface area contributed by atoms with Gasteiger partial charge in [-0.2, -0.15) is 0 Å². The van der Waals surface area contributed by atoms with Gasteiger partial charge in [0.1, 0.15) is 0 Å². The number of thiazole rings is 1. The van der Waals surface area contributed by atoms with E-state index >= 15 is 0 Å². The van der Waals surface area contributed by atoms with Crippen LogP contribution >= 0.6 is 11.3 Å². The van der Waals surface area contributed by atoms with Gasteiger partial charge in [0.25, 0.3) is 0 Å². The van der Waals surface area contributed by atoms with Crippen LogP contribution in [-0.4, -0.2) is 41.3 Å². The second kappa shape index (κ2) is 11.2. The van der Waals surface area contributed by atoms with Gasteiger partial charge in [0.15, 0.2) is 5.13 Å². The molecule has 1 aromatic heterocycles. The van der Waals surface area contributed by atoms with E-state index in [1.54, 1.807) is 0 Å². The van der Waals surface area contributed by atoms with Crippen molar-refractivity contribution in [3.05, 3.63) is 82.9 Å². The zero-order valence-electron chi connectivity index (χ0n) is 18.9. The lowest BCUT2D eigenvalue weighted by Crippen LogP contribution is -2.40. The molecular formula is C26H30N4O2S. The first-order valence-electron chi connectivity index (χ1n) is 11.4. The van der Waals surface area contributed by atoms with E-state index < -0.39 is 0 Å². The van der Waals surface area contributed by atoms with Gasteiger partial charge >= 0.3 is 0 Å². The number of carbonyl (C=O) groups is 2. The Kier molecular flexibility index (Phi) is 7.86. The number of benzene rings is 2. The zero-order chi connectivity index (χ0) is 23.0. The summed E-state index contributed by atoms with van der Waals surface area (Å²) in [6.07, 6.45) is 2.04. The molecule has 1 aliphatic heterocycles. The van der Waals surface area contributed by atoms with Crippen LogP contribution in [0.3, 0.4) is 0 Å². The number of anilines is 1. The number of piperidine rings is 1. The van der Waals surface area contributed by atoms with E-state index in [0.717, 1.165) is 42.8 Å². The Bertz CT molecular complexity index is 1010. The molecule has 0 atom stereocenters. The second-order valence-electron chi connectivity index (χ2n) is 8.47. The van der Waals surface area contributed by atoms with E-state index in [4.69, 9.17) is 0 Å². The molecule has 2 aromatic carbocycles. The van der Waals surface area contributed by atoms with Crippen molar-refractivity contribution in [1.29, 1.82) is 0 Å². The van der Waals surface area contributed by atoms with Crippen LogP contribution in [0.1, 0.15) is 42.1 Å². The largest absolute Gasteiger partial charge is 0.345 e. The first-order valence-corrected chi connectivity index (χ1v) is 12.3. The SMILES string of the molecule is Cc1csc(NC(=O)C2CCN(CCC(=O)NC(c3ccccc3)c3ccccc3)CC2)n1. The highest BCUT2D eigenvalue weighted by Crippen LogP contribution is 2.23. The van der Waals surface area contributed by atoms with Crippen molar-refractivity contribution in [3.63, 3.8) is 0 Å². The maximum absolute atomic E-state index is 12.8. The zero-order valence-corrected chi connectivity index (χ0v) is 19.7. The molecule has 4 rings (SSSR count). The minimum Gasteiger partial charge on any atom is -0.345 e. The van der Waals surface area contributed by atoms with Gasteiger partial charge in [-0.15, -0.1) is 11.3 Å². The van der Waals surface area contributed by atoms with Crippen molar-refractivity contribution in [2.75, 3.05) is 25.0 Å². The summed E-state index contributed by atoms with van der Waals surface area (Å²) in [7, 11) is 0. The number of likely N-dealkylation sites (tertiary alicyclic amines) is 1. The number of amides is 2. The van der Waals surface area contributed by atoms with Gasteiger partial charge in [0.2, 0.25) is 11.8 Å². The molecule has 1 saturated heterocycles. The topological polar surface area (TPSA) is 74.3 Å². The minimum absolute atomic E-state index is 0.000163. The maximum Gasteiger partial charge on any atom is 0.229 e. The molecule has 0 spiro atoms. The Balaban J connectivity index is 1.25. The molecule has 0 saturated carbocycles. The Labute approximate surface area is 199 Å². The number of hydrogen-bond acceptors (Lipinski definition) is 5. The molecule has 2 heterocycles. The summed E-state index contributed by atoms with van der Waals surface area (Å²) in [4.78, 5) is 31.9. The highest BCUT2D eigenvalue weighted by atomic mass is 32.1. The van der Waals surface area contributed by atoms with Crippen LogP contribution in [0.25, 0.3) is 0 Å². The highest BCUT2D eigenvalue weighted by molar-refractivity contribution is 7.13. The van der Waals surface area contributed by atoms with E-state index in [2.05, 4.69) is 20.5 Å². The number of hydrogen-bond donors (Lipinski definition) is 2. The monoisotopic (exact) mass is 462 g/mol. The number of nitrogens with one attached hydrogen (secondary N) is 2. The fraction of sp³-hybridized carbons (Fsp3) is 0.346. The molecule has 1 fully saturated rings. The molecule has 3 aromatic rings. The quantitative estimate of drug-likeness (QED) is 0.520. The van der Waals surface area contributed by atoms with Gasteiger partial charge in [0.05, 0.1) is 11.7 Å². The first-order chi connectivity index (χ1) is 16.1. The van der Waals surface area contributed by atoms with Crippen molar-refractivity contribution in [2.45, 2.75) is 32.2 Å². The van der Waals surface area contributed by atoms with Crippen molar-refractivity contribution >= 4 is 28.3 Å². The summed E-state index contributed by atoms with van der Waals surface area (Å²) in [6, 6.07) is 19.9. The van der Waals surface area contributed by atoms with E-state index in [9.17, 15) is 9.59 Å². The Morgan fingerprint density at radius 1 is 1.03 bits per heavy atom. The van der Waals surface area contributed by atoms with Gasteiger partial charge in [-0.25, -0.2) is 4.98 Å². The van der Waals surface area contributed by atoms with E-state index in [0.29, 0.717) is 18.1 Å². The highest BCUT2D eigenvalue weighted by Gasteiger charge is 2.26. The first kappa shape index (κ1) is 23.1. The van der Waals surface area contributed by atoms with Crippen molar-refractivity contribution < 1.29 is 9.59 Å². The molecule has 0 aliphatic carbocycles. The van der Waals surface area contributed by atoms with Gasteiger partial charge in [-0.05, 0) is 44.0 Å². The molecule has 0 unspecified atom stereocenters. The molecule has 172 valence electrons. The van der Waals surface area contributed by atoms with Crippen molar-refractivity contribution in [1.82, 2.24) is 15.2 Å². The molecule has 33 heavy (non-hydrogen) atoms. The summed E-state index contributed by atoms with van der Waals surface area (Å²) < 4.78 is 0. The average Bonchev–Trinajstić information content (AvgIpc) is 3.27. The lowest BCUT2D eigenvalue weighted by atomic mass is 9.96. The smallest absolute Gasteiger partial charge is 0.229 e. The number of rotatable bonds is 8. The number of aromatic nitrogens is 1. The molecule has 6 nitrogen and oxygen atoms in total. The molecule has 2 amide bonds. The lowest BCUT2D eigenvalue weighted by Gasteiger charge is -2.31. The summed E-state index contributed by atoms with van der Waals surface area (Å²) in [5.74, 6) is 0.0850. The minimum atomic E-state index is -0.163. The van der Waals surface area contributed by atoms with Crippen LogP contribution in [0.2, 0.25) is 0 Å². The Morgan fingerprint density at radius 2 is 1.64 bits per heavy atom.